The van der Waals surface area contributed by atoms with Crippen molar-refractivity contribution in [2.45, 2.75) is 25.0 Å². The summed E-state index contributed by atoms with van der Waals surface area (Å²) in [5.74, 6) is 0. The molecule has 1 unspecified atom stereocenters. The second-order valence-electron chi connectivity index (χ2n) is 8.62. The predicted molar refractivity (Wildman–Crippen MR) is 150 cm³/mol. The molecule has 1 aromatic heterocycles. The number of allylic oxidation sites excluding steroid dienone is 3. The van der Waals surface area contributed by atoms with Crippen molar-refractivity contribution in [1.29, 1.82) is 0 Å². The summed E-state index contributed by atoms with van der Waals surface area (Å²) in [5, 5.41) is 2.81. The summed E-state index contributed by atoms with van der Waals surface area (Å²) in [5.41, 5.74) is 4.71. The number of pyridine rings is 1. The van der Waals surface area contributed by atoms with Gasteiger partial charge in [-0.25, -0.2) is 0 Å². The van der Waals surface area contributed by atoms with Crippen molar-refractivity contribution >= 4 is 24.2 Å². The minimum Gasteiger partial charge on any atom is -0.275 e. The van der Waals surface area contributed by atoms with Gasteiger partial charge >= 0.3 is 0 Å². The lowest BCUT2D eigenvalue weighted by molar-refractivity contribution is 0.789. The van der Waals surface area contributed by atoms with Gasteiger partial charge in [-0.15, -0.1) is 0 Å². The fourth-order valence-corrected chi connectivity index (χ4v) is 7.58. The highest BCUT2D eigenvalue weighted by Gasteiger charge is 2.30. The fourth-order valence-electron chi connectivity index (χ4n) is 4.65. The maximum atomic E-state index is 5.32. The summed E-state index contributed by atoms with van der Waals surface area (Å²) < 4.78 is 0. The molecule has 0 bridgehead atoms. The first kappa shape index (κ1) is 23.1. The molecule has 0 N–H and O–H groups in total. The number of rotatable bonds is 7. The molecule has 0 radical (unpaired) electrons. The van der Waals surface area contributed by atoms with Gasteiger partial charge in [0, 0.05) is 17.4 Å². The standard InChI is InChI=1S/C32H29N2P/c1-25(34-32(26-15-5-2-6-16-26)30-22-13-14-24-33-30)29-21-11-12-23-31(29)35(27-17-7-3-8-18-27)28-19-9-4-10-20-28/h2-22,24-25,31H,23H2,1H3/t25-,31?/m0/s1. The largest absolute Gasteiger partial charge is 0.275 e. The minimum absolute atomic E-state index is 0.0274. The van der Waals surface area contributed by atoms with Gasteiger partial charge in [-0.05, 0) is 49.6 Å². The first-order valence-electron chi connectivity index (χ1n) is 12.1. The van der Waals surface area contributed by atoms with E-state index in [9.17, 15) is 0 Å². The zero-order valence-corrected chi connectivity index (χ0v) is 20.8. The molecule has 1 aliphatic carbocycles. The van der Waals surface area contributed by atoms with Gasteiger partial charge in [0.15, 0.2) is 0 Å². The Balaban J connectivity index is 1.57. The Labute approximate surface area is 209 Å². The molecule has 5 rings (SSSR count). The molecule has 0 fully saturated rings. The molecule has 4 aromatic rings. The van der Waals surface area contributed by atoms with Crippen molar-refractivity contribution < 1.29 is 0 Å². The van der Waals surface area contributed by atoms with E-state index in [1.165, 1.54) is 16.2 Å². The molecule has 0 aliphatic heterocycles. The van der Waals surface area contributed by atoms with Crippen molar-refractivity contribution in [2.75, 3.05) is 0 Å². The van der Waals surface area contributed by atoms with Crippen LogP contribution in [0.25, 0.3) is 0 Å². The third-order valence-corrected chi connectivity index (χ3v) is 9.15. The minimum atomic E-state index is -0.579. The molecule has 35 heavy (non-hydrogen) atoms. The molecule has 0 saturated heterocycles. The second kappa shape index (κ2) is 11.2. The van der Waals surface area contributed by atoms with Crippen LogP contribution in [0.3, 0.4) is 0 Å². The Morgan fingerprint density at radius 3 is 2.00 bits per heavy atom. The maximum Gasteiger partial charge on any atom is 0.0910 e. The van der Waals surface area contributed by atoms with Crippen molar-refractivity contribution in [3.63, 3.8) is 0 Å². The molecule has 3 aromatic carbocycles. The van der Waals surface area contributed by atoms with Crippen LogP contribution in [-0.2, 0) is 0 Å². The molecule has 0 saturated carbocycles. The summed E-state index contributed by atoms with van der Waals surface area (Å²) >= 11 is 0. The van der Waals surface area contributed by atoms with Crippen LogP contribution < -0.4 is 10.6 Å². The van der Waals surface area contributed by atoms with Crippen LogP contribution in [0.2, 0.25) is 0 Å². The third-order valence-electron chi connectivity index (χ3n) is 6.31. The summed E-state index contributed by atoms with van der Waals surface area (Å²) in [6.07, 6.45) is 9.66. The molecule has 1 aliphatic rings. The van der Waals surface area contributed by atoms with Crippen molar-refractivity contribution in [1.82, 2.24) is 4.98 Å². The van der Waals surface area contributed by atoms with Crippen LogP contribution in [0.5, 0.6) is 0 Å². The molecule has 3 heteroatoms. The van der Waals surface area contributed by atoms with Crippen molar-refractivity contribution in [3.05, 3.63) is 150 Å². The lowest BCUT2D eigenvalue weighted by Gasteiger charge is -2.33. The first-order chi connectivity index (χ1) is 17.3. The third kappa shape index (κ3) is 5.39. The number of nitrogens with zero attached hydrogens (tertiary/aromatic N) is 2. The van der Waals surface area contributed by atoms with E-state index >= 15 is 0 Å². The molecule has 2 atom stereocenters. The van der Waals surface area contributed by atoms with Crippen LogP contribution in [0.15, 0.2) is 144 Å². The summed E-state index contributed by atoms with van der Waals surface area (Å²) in [7, 11) is -0.579. The van der Waals surface area contributed by atoms with E-state index in [0.29, 0.717) is 5.66 Å². The van der Waals surface area contributed by atoms with E-state index in [2.05, 4.69) is 115 Å². The predicted octanol–water partition coefficient (Wildman–Crippen LogP) is 6.70. The maximum absolute atomic E-state index is 5.32. The van der Waals surface area contributed by atoms with E-state index in [0.717, 1.165) is 23.4 Å². The van der Waals surface area contributed by atoms with Crippen LogP contribution in [0.1, 0.15) is 24.6 Å². The normalized spacial score (nSPS) is 16.7. The Hall–Kier alpha value is -3.61. The van der Waals surface area contributed by atoms with Gasteiger partial charge in [-0.1, -0.05) is 115 Å². The molecule has 2 nitrogen and oxygen atoms in total. The average molecular weight is 473 g/mol. The highest BCUT2D eigenvalue weighted by atomic mass is 31.1. The summed E-state index contributed by atoms with van der Waals surface area (Å²) in [4.78, 5) is 9.97. The van der Waals surface area contributed by atoms with Crippen molar-refractivity contribution in [2.24, 2.45) is 4.99 Å². The van der Waals surface area contributed by atoms with Gasteiger partial charge in [0.1, 0.15) is 0 Å². The lowest BCUT2D eigenvalue weighted by atomic mass is 9.97. The van der Waals surface area contributed by atoms with Gasteiger partial charge in [0.2, 0.25) is 0 Å². The second-order valence-corrected chi connectivity index (χ2v) is 11.0. The molecule has 0 amide bonds. The number of hydrogen-bond acceptors (Lipinski definition) is 2. The lowest BCUT2D eigenvalue weighted by Crippen LogP contribution is -2.28. The molecule has 0 spiro atoms. The van der Waals surface area contributed by atoms with E-state index in [-0.39, 0.29) is 6.04 Å². The van der Waals surface area contributed by atoms with Gasteiger partial charge in [0.05, 0.1) is 17.4 Å². The van der Waals surface area contributed by atoms with Crippen LogP contribution in [0.4, 0.5) is 0 Å². The molecular formula is C32H29N2P. The van der Waals surface area contributed by atoms with Crippen LogP contribution in [0, 0.1) is 0 Å². The Bertz CT molecular complexity index is 1230. The fraction of sp³-hybridized carbons (Fsp3) is 0.125. The van der Waals surface area contributed by atoms with Gasteiger partial charge in [-0.3, -0.25) is 9.98 Å². The highest BCUT2D eigenvalue weighted by molar-refractivity contribution is 7.73. The zero-order valence-electron chi connectivity index (χ0n) is 19.9. The molecule has 172 valence electrons. The highest BCUT2D eigenvalue weighted by Crippen LogP contribution is 2.47. The van der Waals surface area contributed by atoms with E-state index in [1.807, 2.05) is 30.5 Å². The van der Waals surface area contributed by atoms with Crippen molar-refractivity contribution in [3.8, 4) is 0 Å². The SMILES string of the molecule is C[C@H](N=C(c1ccccc1)c1ccccn1)C1=CC=CCC1P(c1ccccc1)c1ccccc1. The van der Waals surface area contributed by atoms with Crippen LogP contribution in [-0.4, -0.2) is 22.4 Å². The van der Waals surface area contributed by atoms with Crippen LogP contribution >= 0.6 is 7.92 Å². The first-order valence-corrected chi connectivity index (χ1v) is 13.5. The monoisotopic (exact) mass is 472 g/mol. The summed E-state index contributed by atoms with van der Waals surface area (Å²) in [6, 6.07) is 38.4. The molecular weight excluding hydrogens is 443 g/mol. The number of hydrogen-bond donors (Lipinski definition) is 0. The van der Waals surface area contributed by atoms with E-state index in [4.69, 9.17) is 4.99 Å². The van der Waals surface area contributed by atoms with E-state index < -0.39 is 7.92 Å². The Morgan fingerprint density at radius 2 is 1.40 bits per heavy atom. The number of benzene rings is 3. The Morgan fingerprint density at radius 1 is 0.800 bits per heavy atom. The van der Waals surface area contributed by atoms with Gasteiger partial charge < -0.3 is 0 Å². The smallest absolute Gasteiger partial charge is 0.0910 e. The Kier molecular flexibility index (Phi) is 7.41. The number of aliphatic imine (C=N–C) groups is 1. The average Bonchev–Trinajstić information content (AvgIpc) is 2.94. The van der Waals surface area contributed by atoms with Gasteiger partial charge in [0.25, 0.3) is 0 Å². The number of aromatic nitrogens is 1. The summed E-state index contributed by atoms with van der Waals surface area (Å²) in [6.45, 7) is 2.23. The quantitative estimate of drug-likeness (QED) is 0.217. The topological polar surface area (TPSA) is 25.2 Å². The zero-order chi connectivity index (χ0) is 23.9. The molecule has 1 heterocycles. The van der Waals surface area contributed by atoms with E-state index in [1.54, 1.807) is 0 Å². The van der Waals surface area contributed by atoms with Gasteiger partial charge in [-0.2, -0.15) is 0 Å².